The van der Waals surface area contributed by atoms with Gasteiger partial charge in [-0.05, 0) is 160 Å². The van der Waals surface area contributed by atoms with Crippen LogP contribution in [0.4, 0.5) is 0 Å². The lowest BCUT2D eigenvalue weighted by Gasteiger charge is -2.19. The number of rotatable bonds is 30. The van der Waals surface area contributed by atoms with Gasteiger partial charge in [-0.2, -0.15) is 0 Å². The van der Waals surface area contributed by atoms with Crippen LogP contribution in [-0.2, 0) is 39.1 Å². The summed E-state index contributed by atoms with van der Waals surface area (Å²) >= 11 is 0. The summed E-state index contributed by atoms with van der Waals surface area (Å²) in [6, 6.07) is 56.6. The molecule has 0 heterocycles. The Kier molecular flexibility index (Phi) is 20.5. The normalized spacial score (nSPS) is 11.3. The average Bonchev–Trinajstić information content (AvgIpc) is 2.54. The summed E-state index contributed by atoms with van der Waals surface area (Å²) in [6.45, 7) is 1.82. The van der Waals surface area contributed by atoms with Gasteiger partial charge in [0.1, 0.15) is 78.3 Å². The molecular weight excluding hydrogens is 1100 g/mol. The van der Waals surface area contributed by atoms with Crippen LogP contribution in [-0.4, -0.2) is 79.8 Å². The van der Waals surface area contributed by atoms with Crippen molar-refractivity contribution in [3.05, 3.63) is 249 Å². The molecule has 0 atom stereocenters. The smallest absolute Gasteiger partial charge is 0.162 e. The molecule has 0 unspecified atom stereocenters. The molecule has 0 saturated heterocycles. The minimum absolute atomic E-state index is 0.155. The Hall–Kier alpha value is -10.4. The predicted molar refractivity (Wildman–Crippen MR) is 328 cm³/mol. The molecule has 9 aromatic carbocycles. The van der Waals surface area contributed by atoms with E-state index in [1.54, 1.807) is 75.9 Å². The van der Waals surface area contributed by atoms with E-state index < -0.39 is 0 Å². The zero-order valence-electron chi connectivity index (χ0n) is 48.7. The monoisotopic (exact) mass is 1170 g/mol. The van der Waals surface area contributed by atoms with Gasteiger partial charge in [-0.3, -0.25) is 14.4 Å². The maximum atomic E-state index is 11.7. The first-order valence-electron chi connectivity index (χ1n) is 28.4. The van der Waals surface area contributed by atoms with Crippen molar-refractivity contribution in [2.75, 3.05) is 61.0 Å². The summed E-state index contributed by atoms with van der Waals surface area (Å²) in [5.41, 5.74) is 10.2. The van der Waals surface area contributed by atoms with Gasteiger partial charge in [-0.25, -0.2) is 0 Å². The topological polar surface area (TPSA) is 162 Å². The first-order valence-corrected chi connectivity index (χ1v) is 28.4. The number of carbonyl (C=O) groups is 3. The third kappa shape index (κ3) is 15.9. The standard InChI is InChI=1S/C72H66O15/c1-76-64-37-55-34-59-41-71(83-29-26-80-62-23-20-53(44-74)32-68(62)86-47-50-15-9-5-10-16-50)66(78-3)39-57(59)36-60-42-72(84-30-27-81-63-24-21-54(45-75)33-69(63)87-48-51-17-11-6-12-18-51)65(77-2)38-56(60)35-58(55)40-70(64)82-28-25-79-61-22-19-52(43-73)31-67(61)85-46-49-13-7-4-8-14-49/h4-24,31-33,37-45H,25-30,34-36,46-48H2,1-3H3. The Bertz CT molecular complexity index is 3380. The molecule has 15 heteroatoms. The molecule has 444 valence electrons. The SMILES string of the molecule is COc1cc2c(cc1OCCOc1ccc(C=O)cc1OCc1ccccc1)Cc1cc(OC)c(OCCOc3ccc(C=O)cc3OCc3ccccc3)cc1Cc1cc(OC)c(OCCOc3ccc(C=O)cc3OCc3ccccc3)cc1C2. The van der Waals surface area contributed by atoms with Crippen molar-refractivity contribution in [3.63, 3.8) is 0 Å². The van der Waals surface area contributed by atoms with E-state index in [-0.39, 0.29) is 39.6 Å². The summed E-state index contributed by atoms with van der Waals surface area (Å²) < 4.78 is 74.6. The van der Waals surface area contributed by atoms with E-state index in [0.717, 1.165) is 68.9 Å². The zero-order valence-corrected chi connectivity index (χ0v) is 48.7. The van der Waals surface area contributed by atoms with Crippen molar-refractivity contribution in [2.45, 2.75) is 39.1 Å². The summed E-state index contributed by atoms with van der Waals surface area (Å²) in [6.07, 6.45) is 3.79. The van der Waals surface area contributed by atoms with Crippen LogP contribution >= 0.6 is 0 Å². The fourth-order valence-electron chi connectivity index (χ4n) is 9.96. The summed E-state index contributed by atoms with van der Waals surface area (Å²) in [5.74, 6) is 5.90. The van der Waals surface area contributed by atoms with E-state index >= 15 is 0 Å². The van der Waals surface area contributed by atoms with Gasteiger partial charge in [0.25, 0.3) is 0 Å². The number of methoxy groups -OCH3 is 3. The Labute approximate surface area is 505 Å². The van der Waals surface area contributed by atoms with Crippen molar-refractivity contribution in [3.8, 4) is 69.0 Å². The van der Waals surface area contributed by atoms with E-state index in [9.17, 15) is 14.4 Å². The number of hydrogen-bond acceptors (Lipinski definition) is 15. The van der Waals surface area contributed by atoms with Crippen LogP contribution in [0.25, 0.3) is 0 Å². The third-order valence-corrected chi connectivity index (χ3v) is 14.4. The molecule has 15 nitrogen and oxygen atoms in total. The Morgan fingerprint density at radius 3 is 0.736 bits per heavy atom. The van der Waals surface area contributed by atoms with Crippen LogP contribution in [0.3, 0.4) is 0 Å². The van der Waals surface area contributed by atoms with Gasteiger partial charge >= 0.3 is 0 Å². The van der Waals surface area contributed by atoms with Crippen molar-refractivity contribution in [1.29, 1.82) is 0 Å². The molecule has 0 fully saturated rings. The number of fused-ring (bicyclic) bond motifs is 3. The van der Waals surface area contributed by atoms with Crippen LogP contribution in [0.5, 0.6) is 69.0 Å². The van der Waals surface area contributed by atoms with Crippen molar-refractivity contribution >= 4 is 18.9 Å². The first kappa shape index (κ1) is 59.7. The Morgan fingerprint density at radius 2 is 0.494 bits per heavy atom. The van der Waals surface area contributed by atoms with Gasteiger partial charge < -0.3 is 56.8 Å². The van der Waals surface area contributed by atoms with Crippen molar-refractivity contribution in [1.82, 2.24) is 0 Å². The fraction of sp³-hybridized carbons (Fsp3) is 0.208. The van der Waals surface area contributed by atoms with Gasteiger partial charge in [0.05, 0.1) is 21.3 Å². The highest BCUT2D eigenvalue weighted by Gasteiger charge is 2.24. The van der Waals surface area contributed by atoms with E-state index in [0.29, 0.717) is 125 Å². The maximum Gasteiger partial charge on any atom is 0.162 e. The van der Waals surface area contributed by atoms with Gasteiger partial charge in [0.15, 0.2) is 69.0 Å². The Morgan fingerprint density at radius 1 is 0.264 bits per heavy atom. The second-order valence-electron chi connectivity index (χ2n) is 20.2. The molecule has 0 radical (unpaired) electrons. The minimum atomic E-state index is 0.155. The molecule has 0 aliphatic heterocycles. The largest absolute Gasteiger partial charge is 0.493 e. The van der Waals surface area contributed by atoms with Gasteiger partial charge in [-0.1, -0.05) is 91.0 Å². The average molecular weight is 1170 g/mol. The molecule has 0 amide bonds. The van der Waals surface area contributed by atoms with E-state index in [1.807, 2.05) is 127 Å². The lowest BCUT2D eigenvalue weighted by atomic mass is 9.94. The predicted octanol–water partition coefficient (Wildman–Crippen LogP) is 13.3. The highest BCUT2D eigenvalue weighted by atomic mass is 16.6. The second kappa shape index (κ2) is 29.9. The van der Waals surface area contributed by atoms with Gasteiger partial charge in [0, 0.05) is 16.7 Å². The van der Waals surface area contributed by atoms with Crippen LogP contribution in [0.2, 0.25) is 0 Å². The molecule has 1 aliphatic rings. The zero-order chi connectivity index (χ0) is 60.2. The molecule has 0 aromatic heterocycles. The number of carbonyl (C=O) groups excluding carboxylic acids is 3. The maximum absolute atomic E-state index is 11.7. The molecule has 0 N–H and O–H groups in total. The van der Waals surface area contributed by atoms with E-state index in [1.165, 1.54) is 0 Å². The van der Waals surface area contributed by atoms with Crippen LogP contribution in [0.15, 0.2) is 182 Å². The molecule has 10 rings (SSSR count). The van der Waals surface area contributed by atoms with Gasteiger partial charge in [0.2, 0.25) is 0 Å². The minimum Gasteiger partial charge on any atom is -0.493 e. The molecule has 0 bridgehead atoms. The lowest BCUT2D eigenvalue weighted by molar-refractivity contribution is 0.111. The third-order valence-electron chi connectivity index (χ3n) is 14.4. The van der Waals surface area contributed by atoms with Gasteiger partial charge in [-0.15, -0.1) is 0 Å². The van der Waals surface area contributed by atoms with Crippen molar-refractivity contribution < 1.29 is 71.2 Å². The molecule has 1 aliphatic carbocycles. The first-order chi connectivity index (χ1) is 42.8. The molecule has 0 spiro atoms. The van der Waals surface area contributed by atoms with Crippen molar-refractivity contribution in [2.24, 2.45) is 0 Å². The molecule has 87 heavy (non-hydrogen) atoms. The van der Waals surface area contributed by atoms with Crippen LogP contribution < -0.4 is 56.8 Å². The summed E-state index contributed by atoms with van der Waals surface area (Å²) in [5, 5.41) is 0. The van der Waals surface area contributed by atoms with Crippen LogP contribution in [0.1, 0.15) is 81.1 Å². The molecular formula is C72H66O15. The summed E-state index contributed by atoms with van der Waals surface area (Å²) in [4.78, 5) is 35.2. The number of benzene rings is 9. The number of hydrogen-bond donors (Lipinski definition) is 0. The highest BCUT2D eigenvalue weighted by molar-refractivity contribution is 5.77. The Balaban J connectivity index is 0.904. The quantitative estimate of drug-likeness (QED) is 0.0309. The molecule has 0 saturated carbocycles. The number of aldehydes is 3. The van der Waals surface area contributed by atoms with E-state index in [2.05, 4.69) is 0 Å². The lowest BCUT2D eigenvalue weighted by Crippen LogP contribution is -2.11. The highest BCUT2D eigenvalue weighted by Crippen LogP contribution is 2.42. The second-order valence-corrected chi connectivity index (χ2v) is 20.2. The van der Waals surface area contributed by atoms with Crippen LogP contribution in [0, 0.1) is 0 Å². The fourth-order valence-corrected chi connectivity index (χ4v) is 9.96. The number of ether oxygens (including phenoxy) is 12. The summed E-state index contributed by atoms with van der Waals surface area (Å²) in [7, 11) is 4.84. The van der Waals surface area contributed by atoms with E-state index in [4.69, 9.17) is 56.8 Å². The molecule has 9 aromatic rings.